The topological polar surface area (TPSA) is 83.1 Å². The molecule has 2 N–H and O–H groups in total. The third kappa shape index (κ3) is 3.95. The molecule has 0 spiro atoms. The van der Waals surface area contributed by atoms with E-state index in [0.717, 1.165) is 22.2 Å². The highest BCUT2D eigenvalue weighted by atomic mass is 16.5. The molecule has 3 aromatic rings. The molecule has 2 amide bonds. The molecule has 0 aliphatic heterocycles. The summed E-state index contributed by atoms with van der Waals surface area (Å²) in [4.78, 5) is 18.7. The predicted octanol–water partition coefficient (Wildman–Crippen LogP) is 2.95. The van der Waals surface area contributed by atoms with Crippen molar-refractivity contribution >= 4 is 22.6 Å². The van der Waals surface area contributed by atoms with Crippen LogP contribution in [0.25, 0.3) is 10.9 Å². The van der Waals surface area contributed by atoms with Crippen LogP contribution in [0.15, 0.2) is 42.7 Å². The molecule has 0 unspecified atom stereocenters. The highest BCUT2D eigenvalue weighted by molar-refractivity contribution is 6.00. The Labute approximate surface area is 146 Å². The van der Waals surface area contributed by atoms with Crippen LogP contribution >= 0.6 is 0 Å². The first-order valence-corrected chi connectivity index (χ1v) is 8.06. The molecule has 2 aromatic heterocycles. The van der Waals surface area contributed by atoms with Gasteiger partial charge in [0.05, 0.1) is 36.2 Å². The van der Waals surface area contributed by atoms with E-state index in [9.17, 15) is 4.79 Å². The predicted molar refractivity (Wildman–Crippen MR) is 96.4 cm³/mol. The fourth-order valence-electron chi connectivity index (χ4n) is 2.61. The fourth-order valence-corrected chi connectivity index (χ4v) is 2.61. The number of carbonyl (C=O) groups is 1. The zero-order valence-corrected chi connectivity index (χ0v) is 14.3. The van der Waals surface area contributed by atoms with E-state index >= 15 is 0 Å². The SMILES string of the molecule is COCCN(Cc1ccccn1)C(=O)Nc1ccc(C)c2cn[nH]c12. The van der Waals surface area contributed by atoms with Gasteiger partial charge in [0.25, 0.3) is 0 Å². The molecule has 0 aliphatic carbocycles. The summed E-state index contributed by atoms with van der Waals surface area (Å²) in [5, 5.41) is 11.0. The molecular formula is C18H21N5O2. The lowest BCUT2D eigenvalue weighted by molar-refractivity contribution is 0.152. The van der Waals surface area contributed by atoms with Gasteiger partial charge in [0.15, 0.2) is 0 Å². The van der Waals surface area contributed by atoms with Gasteiger partial charge in [0.1, 0.15) is 0 Å². The Morgan fingerprint density at radius 3 is 2.96 bits per heavy atom. The summed E-state index contributed by atoms with van der Waals surface area (Å²) in [5.41, 5.74) is 3.44. The van der Waals surface area contributed by atoms with E-state index in [2.05, 4.69) is 20.5 Å². The number of methoxy groups -OCH3 is 1. The number of anilines is 1. The molecule has 2 heterocycles. The van der Waals surface area contributed by atoms with Crippen molar-refractivity contribution in [3.8, 4) is 0 Å². The Morgan fingerprint density at radius 1 is 1.32 bits per heavy atom. The largest absolute Gasteiger partial charge is 0.383 e. The maximum Gasteiger partial charge on any atom is 0.322 e. The van der Waals surface area contributed by atoms with Crippen LogP contribution in [-0.4, -0.2) is 46.4 Å². The number of urea groups is 1. The molecule has 0 radical (unpaired) electrons. The van der Waals surface area contributed by atoms with Gasteiger partial charge in [-0.2, -0.15) is 5.10 Å². The molecule has 0 aliphatic rings. The van der Waals surface area contributed by atoms with Crippen molar-refractivity contribution in [2.24, 2.45) is 0 Å². The second-order valence-corrected chi connectivity index (χ2v) is 5.75. The number of aryl methyl sites for hydroxylation is 1. The highest BCUT2D eigenvalue weighted by Crippen LogP contribution is 2.24. The van der Waals surface area contributed by atoms with Gasteiger partial charge < -0.3 is 15.0 Å². The Bertz CT molecular complexity index is 847. The number of H-pyrrole nitrogens is 1. The van der Waals surface area contributed by atoms with E-state index in [1.807, 2.05) is 37.3 Å². The van der Waals surface area contributed by atoms with Gasteiger partial charge in [0, 0.05) is 25.2 Å². The molecule has 3 rings (SSSR count). The summed E-state index contributed by atoms with van der Waals surface area (Å²) in [5.74, 6) is 0. The van der Waals surface area contributed by atoms with Crippen molar-refractivity contribution in [1.82, 2.24) is 20.1 Å². The van der Waals surface area contributed by atoms with Gasteiger partial charge >= 0.3 is 6.03 Å². The van der Waals surface area contributed by atoms with Gasteiger partial charge in [-0.15, -0.1) is 0 Å². The summed E-state index contributed by atoms with van der Waals surface area (Å²) in [6.45, 7) is 3.34. The Kier molecular flexibility index (Phi) is 5.25. The number of rotatable bonds is 6. The van der Waals surface area contributed by atoms with Crippen LogP contribution in [0.5, 0.6) is 0 Å². The zero-order valence-electron chi connectivity index (χ0n) is 14.3. The lowest BCUT2D eigenvalue weighted by Crippen LogP contribution is -2.37. The van der Waals surface area contributed by atoms with Crippen LogP contribution in [0.2, 0.25) is 0 Å². The first-order valence-electron chi connectivity index (χ1n) is 8.06. The van der Waals surface area contributed by atoms with Crippen LogP contribution in [-0.2, 0) is 11.3 Å². The number of pyridine rings is 1. The van der Waals surface area contributed by atoms with E-state index in [1.54, 1.807) is 24.4 Å². The van der Waals surface area contributed by atoms with Crippen molar-refractivity contribution in [1.29, 1.82) is 0 Å². The third-order valence-corrected chi connectivity index (χ3v) is 4.01. The smallest absolute Gasteiger partial charge is 0.322 e. The van der Waals surface area contributed by atoms with Gasteiger partial charge in [-0.3, -0.25) is 10.1 Å². The Morgan fingerprint density at radius 2 is 2.20 bits per heavy atom. The maximum atomic E-state index is 12.8. The highest BCUT2D eigenvalue weighted by Gasteiger charge is 2.16. The lowest BCUT2D eigenvalue weighted by Gasteiger charge is -2.22. The summed E-state index contributed by atoms with van der Waals surface area (Å²) < 4.78 is 5.13. The van der Waals surface area contributed by atoms with Crippen LogP contribution < -0.4 is 5.32 Å². The standard InChI is InChI=1S/C18H21N5O2/c1-13-6-7-16(17-15(13)11-20-22-17)21-18(24)23(9-10-25-2)12-14-5-3-4-8-19-14/h3-8,11H,9-10,12H2,1-2H3,(H,20,22)(H,21,24). The number of hydrogen-bond acceptors (Lipinski definition) is 4. The van der Waals surface area contributed by atoms with Crippen molar-refractivity contribution in [3.05, 3.63) is 54.0 Å². The van der Waals surface area contributed by atoms with Crippen LogP contribution in [0.3, 0.4) is 0 Å². The summed E-state index contributed by atoms with van der Waals surface area (Å²) in [7, 11) is 1.62. The number of aromatic amines is 1. The lowest BCUT2D eigenvalue weighted by atomic mass is 10.1. The van der Waals surface area contributed by atoms with Crippen LogP contribution in [0.1, 0.15) is 11.3 Å². The minimum atomic E-state index is -0.206. The first-order chi connectivity index (χ1) is 12.2. The molecule has 0 saturated heterocycles. The molecule has 130 valence electrons. The Hall–Kier alpha value is -2.93. The minimum absolute atomic E-state index is 0.206. The van der Waals surface area contributed by atoms with E-state index in [0.29, 0.717) is 25.4 Å². The number of amides is 2. The number of aromatic nitrogens is 3. The van der Waals surface area contributed by atoms with E-state index in [1.165, 1.54) is 0 Å². The molecule has 25 heavy (non-hydrogen) atoms. The minimum Gasteiger partial charge on any atom is -0.383 e. The van der Waals surface area contributed by atoms with Gasteiger partial charge in [-0.25, -0.2) is 4.79 Å². The van der Waals surface area contributed by atoms with Crippen molar-refractivity contribution < 1.29 is 9.53 Å². The van der Waals surface area contributed by atoms with E-state index in [-0.39, 0.29) is 6.03 Å². The number of benzene rings is 1. The number of fused-ring (bicyclic) bond motifs is 1. The molecule has 0 atom stereocenters. The summed E-state index contributed by atoms with van der Waals surface area (Å²) in [6, 6.07) is 9.29. The average Bonchev–Trinajstić information content (AvgIpc) is 3.13. The van der Waals surface area contributed by atoms with Gasteiger partial charge in [0.2, 0.25) is 0 Å². The van der Waals surface area contributed by atoms with Crippen molar-refractivity contribution in [2.45, 2.75) is 13.5 Å². The summed E-state index contributed by atoms with van der Waals surface area (Å²) in [6.07, 6.45) is 3.48. The average molecular weight is 339 g/mol. The molecule has 7 nitrogen and oxygen atoms in total. The number of carbonyl (C=O) groups excluding carboxylic acids is 1. The van der Waals surface area contributed by atoms with Crippen LogP contribution in [0, 0.1) is 6.92 Å². The normalized spacial score (nSPS) is 10.8. The van der Waals surface area contributed by atoms with Crippen molar-refractivity contribution in [3.63, 3.8) is 0 Å². The van der Waals surface area contributed by atoms with Crippen LogP contribution in [0.4, 0.5) is 10.5 Å². The Balaban J connectivity index is 1.79. The molecule has 7 heteroatoms. The maximum absolute atomic E-state index is 12.8. The monoisotopic (exact) mass is 339 g/mol. The molecule has 0 saturated carbocycles. The molecule has 0 fully saturated rings. The first kappa shape index (κ1) is 16.9. The zero-order chi connectivity index (χ0) is 17.6. The fraction of sp³-hybridized carbons (Fsp3) is 0.278. The van der Waals surface area contributed by atoms with Gasteiger partial charge in [-0.05, 0) is 30.7 Å². The molecular weight excluding hydrogens is 318 g/mol. The number of nitrogens with one attached hydrogen (secondary N) is 2. The number of nitrogens with zero attached hydrogens (tertiary/aromatic N) is 3. The second kappa shape index (κ2) is 7.76. The third-order valence-electron chi connectivity index (χ3n) is 4.01. The van der Waals surface area contributed by atoms with Gasteiger partial charge in [-0.1, -0.05) is 12.1 Å². The molecule has 1 aromatic carbocycles. The molecule has 0 bridgehead atoms. The second-order valence-electron chi connectivity index (χ2n) is 5.75. The quantitative estimate of drug-likeness (QED) is 0.723. The van der Waals surface area contributed by atoms with Crippen molar-refractivity contribution in [2.75, 3.05) is 25.6 Å². The number of ether oxygens (including phenoxy) is 1. The van der Waals surface area contributed by atoms with E-state index < -0.39 is 0 Å². The number of hydrogen-bond donors (Lipinski definition) is 2. The van der Waals surface area contributed by atoms with E-state index in [4.69, 9.17) is 4.74 Å². The summed E-state index contributed by atoms with van der Waals surface area (Å²) >= 11 is 0.